The molecule has 0 unspecified atom stereocenters. The van der Waals surface area contributed by atoms with Crippen LogP contribution in [0.1, 0.15) is 26.7 Å². The minimum atomic E-state index is 0.0417. The molecular weight excluding hydrogens is 224 g/mol. The van der Waals surface area contributed by atoms with E-state index >= 15 is 0 Å². The van der Waals surface area contributed by atoms with E-state index in [-0.39, 0.29) is 13.2 Å². The highest BCUT2D eigenvalue weighted by Gasteiger charge is 1.86. The maximum absolute atomic E-state index is 8.26. The summed E-state index contributed by atoms with van der Waals surface area (Å²) in [7, 11) is 0. The van der Waals surface area contributed by atoms with Gasteiger partial charge in [-0.05, 0) is 12.8 Å². The van der Waals surface area contributed by atoms with Crippen LogP contribution < -0.4 is 0 Å². The van der Waals surface area contributed by atoms with Gasteiger partial charge in [-0.1, -0.05) is 13.8 Å². The molecule has 0 amide bonds. The van der Waals surface area contributed by atoms with Crippen molar-refractivity contribution in [2.75, 3.05) is 52.9 Å². The highest BCUT2D eigenvalue weighted by atomic mass is 16.5. The fourth-order valence-corrected chi connectivity index (χ4v) is 0.842. The largest absolute Gasteiger partial charge is 0.394 e. The van der Waals surface area contributed by atoms with E-state index in [2.05, 4.69) is 13.8 Å². The Balaban J connectivity index is 0. The maximum atomic E-state index is 8.26. The fourth-order valence-electron chi connectivity index (χ4n) is 0.842. The number of hydrogen-bond donors (Lipinski definition) is 2. The average Bonchev–Trinajstić information content (AvgIpc) is 2.35. The molecule has 0 aliphatic heterocycles. The fraction of sp³-hybridized carbons (Fsp3) is 1.00. The number of hydrogen-bond acceptors (Lipinski definition) is 5. The van der Waals surface area contributed by atoms with Crippen LogP contribution in [0.4, 0.5) is 0 Å². The zero-order valence-electron chi connectivity index (χ0n) is 11.2. The van der Waals surface area contributed by atoms with Crippen molar-refractivity contribution in [3.63, 3.8) is 0 Å². The predicted molar refractivity (Wildman–Crippen MR) is 67.2 cm³/mol. The molecule has 0 rings (SSSR count). The Kier molecular flexibility index (Phi) is 23.8. The second-order valence-corrected chi connectivity index (χ2v) is 3.28. The zero-order valence-corrected chi connectivity index (χ0v) is 11.2. The average molecular weight is 252 g/mol. The summed E-state index contributed by atoms with van der Waals surface area (Å²) >= 11 is 0. The van der Waals surface area contributed by atoms with E-state index in [0.717, 1.165) is 26.1 Å². The van der Waals surface area contributed by atoms with E-state index in [1.165, 1.54) is 0 Å². The first-order valence-corrected chi connectivity index (χ1v) is 6.28. The van der Waals surface area contributed by atoms with E-state index in [4.69, 9.17) is 24.4 Å². The molecule has 2 N–H and O–H groups in total. The monoisotopic (exact) mass is 252 g/mol. The van der Waals surface area contributed by atoms with Gasteiger partial charge in [0.15, 0.2) is 0 Å². The van der Waals surface area contributed by atoms with Crippen LogP contribution in [-0.2, 0) is 14.2 Å². The third kappa shape index (κ3) is 25.8. The summed E-state index contributed by atoms with van der Waals surface area (Å²) in [6, 6.07) is 0. The lowest BCUT2D eigenvalue weighted by Gasteiger charge is -2.01. The van der Waals surface area contributed by atoms with Crippen molar-refractivity contribution in [2.45, 2.75) is 26.7 Å². The van der Waals surface area contributed by atoms with Crippen molar-refractivity contribution in [1.82, 2.24) is 0 Å². The lowest BCUT2D eigenvalue weighted by Crippen LogP contribution is -2.09. The lowest BCUT2D eigenvalue weighted by molar-refractivity contribution is 0.0222. The van der Waals surface area contributed by atoms with Crippen LogP contribution >= 0.6 is 0 Å². The number of aliphatic hydroxyl groups excluding tert-OH is 2. The molecule has 0 aromatic carbocycles. The molecule has 0 spiro atoms. The quantitative estimate of drug-likeness (QED) is 0.533. The molecule has 106 valence electrons. The standard InChI is InChI=1S/C6H14O4.C6H14O/c7-1-3-9-5-6-10-4-2-8;1-3-5-7-6-4-2/h7-8H,1-6H2;3-6H2,1-2H3. The van der Waals surface area contributed by atoms with Crippen LogP contribution in [-0.4, -0.2) is 63.1 Å². The molecule has 0 aromatic rings. The Morgan fingerprint density at radius 1 is 0.588 bits per heavy atom. The Bertz CT molecular complexity index is 99.1. The zero-order chi connectivity index (χ0) is 13.2. The summed E-state index contributed by atoms with van der Waals surface area (Å²) in [5.41, 5.74) is 0. The number of aliphatic hydroxyl groups is 2. The van der Waals surface area contributed by atoms with Crippen LogP contribution in [0.3, 0.4) is 0 Å². The first-order chi connectivity index (χ1) is 8.33. The molecule has 0 saturated carbocycles. The van der Waals surface area contributed by atoms with Gasteiger partial charge in [-0.15, -0.1) is 0 Å². The van der Waals surface area contributed by atoms with Gasteiger partial charge in [0.05, 0.1) is 39.6 Å². The minimum absolute atomic E-state index is 0.0417. The second kappa shape index (κ2) is 21.1. The summed E-state index contributed by atoms with van der Waals surface area (Å²) < 4.78 is 14.9. The first-order valence-electron chi connectivity index (χ1n) is 6.28. The van der Waals surface area contributed by atoms with Crippen molar-refractivity contribution < 1.29 is 24.4 Å². The van der Waals surface area contributed by atoms with E-state index in [1.54, 1.807) is 0 Å². The molecule has 0 bridgehead atoms. The van der Waals surface area contributed by atoms with Crippen molar-refractivity contribution in [3.8, 4) is 0 Å². The van der Waals surface area contributed by atoms with Crippen molar-refractivity contribution in [3.05, 3.63) is 0 Å². The lowest BCUT2D eigenvalue weighted by atomic mass is 10.5. The topological polar surface area (TPSA) is 68.2 Å². The summed E-state index contributed by atoms with van der Waals surface area (Å²) in [6.45, 7) is 7.82. The van der Waals surface area contributed by atoms with E-state index in [1.807, 2.05) is 0 Å². The van der Waals surface area contributed by atoms with E-state index < -0.39 is 0 Å². The molecule has 0 heterocycles. The molecule has 0 radical (unpaired) electrons. The molecule has 17 heavy (non-hydrogen) atoms. The van der Waals surface area contributed by atoms with Crippen LogP contribution in [0.25, 0.3) is 0 Å². The summed E-state index contributed by atoms with van der Waals surface area (Å²) in [6.07, 6.45) is 2.28. The molecule has 0 aliphatic carbocycles. The Labute approximate surface area is 105 Å². The molecule has 0 aromatic heterocycles. The molecule has 5 heteroatoms. The molecule has 0 atom stereocenters. The smallest absolute Gasteiger partial charge is 0.0701 e. The number of ether oxygens (including phenoxy) is 3. The maximum Gasteiger partial charge on any atom is 0.0701 e. The number of rotatable bonds is 11. The molecular formula is C12H28O5. The van der Waals surface area contributed by atoms with Gasteiger partial charge >= 0.3 is 0 Å². The van der Waals surface area contributed by atoms with Crippen molar-refractivity contribution in [1.29, 1.82) is 0 Å². The molecule has 5 nitrogen and oxygen atoms in total. The Morgan fingerprint density at radius 3 is 1.24 bits per heavy atom. The van der Waals surface area contributed by atoms with Crippen LogP contribution in [0.2, 0.25) is 0 Å². The SMILES string of the molecule is CCCOCCC.OCCOCCOCCO. The third-order valence-electron chi connectivity index (χ3n) is 1.54. The molecule has 0 saturated heterocycles. The highest BCUT2D eigenvalue weighted by Crippen LogP contribution is 1.81. The van der Waals surface area contributed by atoms with Gasteiger partial charge in [0, 0.05) is 13.2 Å². The van der Waals surface area contributed by atoms with Gasteiger partial charge in [-0.25, -0.2) is 0 Å². The Morgan fingerprint density at radius 2 is 0.941 bits per heavy atom. The highest BCUT2D eigenvalue weighted by molar-refractivity contribution is 4.30. The van der Waals surface area contributed by atoms with Gasteiger partial charge in [0.1, 0.15) is 0 Å². The third-order valence-corrected chi connectivity index (χ3v) is 1.54. The van der Waals surface area contributed by atoms with Gasteiger partial charge in [-0.2, -0.15) is 0 Å². The van der Waals surface area contributed by atoms with Gasteiger partial charge < -0.3 is 24.4 Å². The summed E-state index contributed by atoms with van der Waals surface area (Å²) in [5, 5.41) is 16.5. The molecule has 0 aliphatic rings. The minimum Gasteiger partial charge on any atom is -0.394 e. The summed E-state index contributed by atoms with van der Waals surface area (Å²) in [5.74, 6) is 0. The van der Waals surface area contributed by atoms with Crippen molar-refractivity contribution >= 4 is 0 Å². The molecule has 0 fully saturated rings. The van der Waals surface area contributed by atoms with Gasteiger partial charge in [0.2, 0.25) is 0 Å². The van der Waals surface area contributed by atoms with E-state index in [9.17, 15) is 0 Å². The van der Waals surface area contributed by atoms with Gasteiger partial charge in [-0.3, -0.25) is 0 Å². The van der Waals surface area contributed by atoms with E-state index in [0.29, 0.717) is 26.4 Å². The van der Waals surface area contributed by atoms with Crippen molar-refractivity contribution in [2.24, 2.45) is 0 Å². The van der Waals surface area contributed by atoms with Crippen LogP contribution in [0.5, 0.6) is 0 Å². The van der Waals surface area contributed by atoms with Gasteiger partial charge in [0.25, 0.3) is 0 Å². The Hall–Kier alpha value is -0.200. The first kappa shape index (κ1) is 19.1. The van der Waals surface area contributed by atoms with Crippen LogP contribution in [0, 0.1) is 0 Å². The summed E-state index contributed by atoms with van der Waals surface area (Å²) in [4.78, 5) is 0. The second-order valence-electron chi connectivity index (χ2n) is 3.28. The normalized spacial score (nSPS) is 9.88. The predicted octanol–water partition coefficient (Wildman–Crippen LogP) is 0.827. The van der Waals surface area contributed by atoms with Crippen LogP contribution in [0.15, 0.2) is 0 Å².